The standard InChI is InChI=1S/C11H14N2O2/c1-8-7-9(3-4-10(8)15-2)13-6-5-12-11(13)14/h3-4,7H,5-6H2,1-2H3,(H,12,14). The number of nitrogens with zero attached hydrogens (tertiary/aromatic N) is 1. The molecular weight excluding hydrogens is 192 g/mol. The summed E-state index contributed by atoms with van der Waals surface area (Å²) < 4.78 is 5.17. The summed E-state index contributed by atoms with van der Waals surface area (Å²) in [7, 11) is 1.64. The maximum absolute atomic E-state index is 11.4. The van der Waals surface area contributed by atoms with Gasteiger partial charge in [0.1, 0.15) is 5.75 Å². The Morgan fingerprint density at radius 2 is 2.27 bits per heavy atom. The Balaban J connectivity index is 2.29. The number of amides is 2. The third kappa shape index (κ3) is 1.75. The van der Waals surface area contributed by atoms with Crippen LogP contribution in [-0.2, 0) is 0 Å². The van der Waals surface area contributed by atoms with Gasteiger partial charge < -0.3 is 10.1 Å². The monoisotopic (exact) mass is 206 g/mol. The third-order valence-corrected chi connectivity index (χ3v) is 2.55. The smallest absolute Gasteiger partial charge is 0.321 e. The fraction of sp³-hybridized carbons (Fsp3) is 0.364. The number of rotatable bonds is 2. The van der Waals surface area contributed by atoms with Crippen LogP contribution >= 0.6 is 0 Å². The molecule has 15 heavy (non-hydrogen) atoms. The molecule has 80 valence electrons. The fourth-order valence-electron chi connectivity index (χ4n) is 1.75. The van der Waals surface area contributed by atoms with E-state index >= 15 is 0 Å². The molecule has 0 aliphatic carbocycles. The van der Waals surface area contributed by atoms with Gasteiger partial charge >= 0.3 is 6.03 Å². The lowest BCUT2D eigenvalue weighted by Gasteiger charge is -2.15. The first-order valence-corrected chi connectivity index (χ1v) is 4.92. The Morgan fingerprint density at radius 3 is 2.80 bits per heavy atom. The van der Waals surface area contributed by atoms with Gasteiger partial charge in [0.15, 0.2) is 0 Å². The van der Waals surface area contributed by atoms with Gasteiger partial charge in [-0.3, -0.25) is 4.90 Å². The SMILES string of the molecule is COc1ccc(N2CCNC2=O)cc1C. The minimum absolute atomic E-state index is 0.0282. The molecule has 1 aromatic carbocycles. The number of anilines is 1. The van der Waals surface area contributed by atoms with Crippen LogP contribution in [0, 0.1) is 6.92 Å². The summed E-state index contributed by atoms with van der Waals surface area (Å²) >= 11 is 0. The van der Waals surface area contributed by atoms with Crippen LogP contribution in [0.3, 0.4) is 0 Å². The number of ether oxygens (including phenoxy) is 1. The van der Waals surface area contributed by atoms with Gasteiger partial charge in [-0.05, 0) is 30.7 Å². The minimum atomic E-state index is -0.0282. The van der Waals surface area contributed by atoms with E-state index in [0.29, 0.717) is 6.54 Å². The first kappa shape index (κ1) is 9.83. The van der Waals surface area contributed by atoms with E-state index in [1.54, 1.807) is 12.0 Å². The number of carbonyl (C=O) groups is 1. The quantitative estimate of drug-likeness (QED) is 0.797. The molecule has 0 radical (unpaired) electrons. The Hall–Kier alpha value is -1.71. The van der Waals surface area contributed by atoms with E-state index in [1.807, 2.05) is 25.1 Å². The molecule has 4 heteroatoms. The van der Waals surface area contributed by atoms with Crippen LogP contribution in [0.2, 0.25) is 0 Å². The van der Waals surface area contributed by atoms with Gasteiger partial charge in [-0.15, -0.1) is 0 Å². The van der Waals surface area contributed by atoms with Crippen molar-refractivity contribution in [3.63, 3.8) is 0 Å². The summed E-state index contributed by atoms with van der Waals surface area (Å²) in [5, 5.41) is 2.77. The third-order valence-electron chi connectivity index (χ3n) is 2.55. The van der Waals surface area contributed by atoms with Gasteiger partial charge in [0, 0.05) is 18.8 Å². The Morgan fingerprint density at radius 1 is 1.47 bits per heavy atom. The second-order valence-electron chi connectivity index (χ2n) is 3.54. The van der Waals surface area contributed by atoms with Crippen LogP contribution in [0.15, 0.2) is 18.2 Å². The molecule has 1 aliphatic heterocycles. The van der Waals surface area contributed by atoms with Crippen molar-refractivity contribution in [1.29, 1.82) is 0 Å². The number of hydrogen-bond acceptors (Lipinski definition) is 2. The molecule has 2 rings (SSSR count). The second kappa shape index (κ2) is 3.81. The molecular formula is C11H14N2O2. The highest BCUT2D eigenvalue weighted by molar-refractivity contribution is 5.94. The van der Waals surface area contributed by atoms with E-state index in [9.17, 15) is 4.79 Å². The van der Waals surface area contributed by atoms with Crippen LogP contribution in [0.5, 0.6) is 5.75 Å². The topological polar surface area (TPSA) is 41.6 Å². The van der Waals surface area contributed by atoms with E-state index in [-0.39, 0.29) is 6.03 Å². The lowest BCUT2D eigenvalue weighted by atomic mass is 10.2. The predicted molar refractivity (Wildman–Crippen MR) is 58.5 cm³/mol. The van der Waals surface area contributed by atoms with Crippen LogP contribution < -0.4 is 15.0 Å². The molecule has 0 bridgehead atoms. The summed E-state index contributed by atoms with van der Waals surface area (Å²) in [5.74, 6) is 0.846. The number of benzene rings is 1. The van der Waals surface area contributed by atoms with Crippen LogP contribution in [-0.4, -0.2) is 26.2 Å². The predicted octanol–water partition coefficient (Wildman–Crippen LogP) is 1.53. The summed E-state index contributed by atoms with van der Waals surface area (Å²) in [6.07, 6.45) is 0. The highest BCUT2D eigenvalue weighted by atomic mass is 16.5. The average Bonchev–Trinajstić information content (AvgIpc) is 2.64. The van der Waals surface area contributed by atoms with Gasteiger partial charge in [-0.2, -0.15) is 0 Å². The maximum atomic E-state index is 11.4. The van der Waals surface area contributed by atoms with Gasteiger partial charge in [0.2, 0.25) is 0 Å². The molecule has 1 aliphatic rings. The summed E-state index contributed by atoms with van der Waals surface area (Å²) in [6, 6.07) is 5.72. The Labute approximate surface area is 88.8 Å². The van der Waals surface area contributed by atoms with Crippen LogP contribution in [0.1, 0.15) is 5.56 Å². The van der Waals surface area contributed by atoms with Gasteiger partial charge in [0.25, 0.3) is 0 Å². The van der Waals surface area contributed by atoms with Crippen molar-refractivity contribution in [3.05, 3.63) is 23.8 Å². The van der Waals surface area contributed by atoms with E-state index in [2.05, 4.69) is 5.32 Å². The number of aryl methyl sites for hydroxylation is 1. The number of methoxy groups -OCH3 is 1. The van der Waals surface area contributed by atoms with Crippen molar-refractivity contribution < 1.29 is 9.53 Å². The average molecular weight is 206 g/mol. The molecule has 0 atom stereocenters. The number of nitrogens with one attached hydrogen (secondary N) is 1. The second-order valence-corrected chi connectivity index (χ2v) is 3.54. The molecule has 0 saturated carbocycles. The molecule has 1 aromatic rings. The molecule has 1 N–H and O–H groups in total. The maximum Gasteiger partial charge on any atom is 0.321 e. The molecule has 1 fully saturated rings. The molecule has 1 saturated heterocycles. The van der Waals surface area contributed by atoms with Gasteiger partial charge in [0.05, 0.1) is 7.11 Å². The summed E-state index contributed by atoms with van der Waals surface area (Å²) in [6.45, 7) is 3.41. The zero-order valence-electron chi connectivity index (χ0n) is 8.91. The number of carbonyl (C=O) groups excluding carboxylic acids is 1. The van der Waals surface area contributed by atoms with Gasteiger partial charge in [-0.25, -0.2) is 4.79 Å². The van der Waals surface area contributed by atoms with Crippen molar-refractivity contribution in [3.8, 4) is 5.75 Å². The lowest BCUT2D eigenvalue weighted by Crippen LogP contribution is -2.27. The lowest BCUT2D eigenvalue weighted by molar-refractivity contribution is 0.252. The molecule has 0 spiro atoms. The van der Waals surface area contributed by atoms with Crippen LogP contribution in [0.25, 0.3) is 0 Å². The Kier molecular flexibility index (Phi) is 2.49. The van der Waals surface area contributed by atoms with E-state index in [0.717, 1.165) is 23.5 Å². The van der Waals surface area contributed by atoms with Crippen molar-refractivity contribution in [2.75, 3.05) is 25.1 Å². The first-order chi connectivity index (χ1) is 7.22. The van der Waals surface area contributed by atoms with E-state index in [4.69, 9.17) is 4.74 Å². The van der Waals surface area contributed by atoms with E-state index in [1.165, 1.54) is 0 Å². The number of hydrogen-bond donors (Lipinski definition) is 1. The molecule has 4 nitrogen and oxygen atoms in total. The number of urea groups is 1. The molecule has 2 amide bonds. The molecule has 0 unspecified atom stereocenters. The van der Waals surface area contributed by atoms with Crippen molar-refractivity contribution in [2.24, 2.45) is 0 Å². The zero-order valence-corrected chi connectivity index (χ0v) is 8.91. The van der Waals surface area contributed by atoms with Crippen molar-refractivity contribution in [1.82, 2.24) is 5.32 Å². The zero-order chi connectivity index (χ0) is 10.8. The van der Waals surface area contributed by atoms with Crippen LogP contribution in [0.4, 0.5) is 10.5 Å². The summed E-state index contributed by atoms with van der Waals surface area (Å²) in [5.41, 5.74) is 1.96. The Bertz CT molecular complexity index is 390. The van der Waals surface area contributed by atoms with Crippen molar-refractivity contribution in [2.45, 2.75) is 6.92 Å². The van der Waals surface area contributed by atoms with E-state index < -0.39 is 0 Å². The fourth-order valence-corrected chi connectivity index (χ4v) is 1.75. The first-order valence-electron chi connectivity index (χ1n) is 4.92. The van der Waals surface area contributed by atoms with Crippen molar-refractivity contribution >= 4 is 11.7 Å². The highest BCUT2D eigenvalue weighted by Crippen LogP contribution is 2.24. The largest absolute Gasteiger partial charge is 0.496 e. The summed E-state index contributed by atoms with van der Waals surface area (Å²) in [4.78, 5) is 13.2. The normalized spacial score (nSPS) is 15.3. The molecule has 1 heterocycles. The minimum Gasteiger partial charge on any atom is -0.496 e. The van der Waals surface area contributed by atoms with Gasteiger partial charge in [-0.1, -0.05) is 0 Å². The molecule has 0 aromatic heterocycles. The highest BCUT2D eigenvalue weighted by Gasteiger charge is 2.21.